The Morgan fingerprint density at radius 2 is 1.85 bits per heavy atom. The van der Waals surface area contributed by atoms with Gasteiger partial charge in [-0.05, 0) is 37.3 Å². The van der Waals surface area contributed by atoms with Gasteiger partial charge >= 0.3 is 0 Å². The molecule has 5 nitrogen and oxygen atoms in total. The van der Waals surface area contributed by atoms with Crippen molar-refractivity contribution in [3.05, 3.63) is 65.2 Å². The van der Waals surface area contributed by atoms with E-state index in [0.717, 1.165) is 33.3 Å². The van der Waals surface area contributed by atoms with Gasteiger partial charge in [0.05, 0.1) is 32.4 Å². The minimum absolute atomic E-state index is 0.0695. The van der Waals surface area contributed by atoms with Crippen LogP contribution in [0.5, 0.6) is 11.5 Å². The first kappa shape index (κ1) is 18.9. The molecular weight excluding hydrogens is 360 g/mol. The molecule has 2 aromatic carbocycles. The monoisotopic (exact) mass is 382 g/mol. The van der Waals surface area contributed by atoms with Gasteiger partial charge in [0.25, 0.3) is 0 Å². The van der Waals surface area contributed by atoms with Gasteiger partial charge < -0.3 is 14.8 Å². The highest BCUT2D eigenvalue weighted by molar-refractivity contribution is 7.13. The molecule has 1 N–H and O–H groups in total. The fraction of sp³-hybridized carbons (Fsp3) is 0.238. The smallest absolute Gasteiger partial charge is 0.226 e. The van der Waals surface area contributed by atoms with Crippen LogP contribution in [0.1, 0.15) is 24.2 Å². The molecule has 1 heterocycles. The van der Waals surface area contributed by atoms with Gasteiger partial charge in [0, 0.05) is 16.5 Å². The molecule has 0 bridgehead atoms. The van der Waals surface area contributed by atoms with Crippen molar-refractivity contribution < 1.29 is 14.3 Å². The summed E-state index contributed by atoms with van der Waals surface area (Å²) in [5.74, 6) is 1.50. The van der Waals surface area contributed by atoms with Crippen LogP contribution in [-0.2, 0) is 11.2 Å². The minimum Gasteiger partial charge on any atom is -0.497 e. The number of nitrogens with zero attached hydrogens (tertiary/aromatic N) is 1. The lowest BCUT2D eigenvalue weighted by molar-refractivity contribution is -0.121. The Balaban J connectivity index is 1.63. The lowest BCUT2D eigenvalue weighted by Gasteiger charge is -2.17. The molecule has 27 heavy (non-hydrogen) atoms. The number of benzene rings is 2. The van der Waals surface area contributed by atoms with E-state index >= 15 is 0 Å². The normalized spacial score (nSPS) is 11.7. The summed E-state index contributed by atoms with van der Waals surface area (Å²) in [7, 11) is 3.27. The van der Waals surface area contributed by atoms with E-state index in [1.165, 1.54) is 11.3 Å². The predicted molar refractivity (Wildman–Crippen MR) is 107 cm³/mol. The summed E-state index contributed by atoms with van der Waals surface area (Å²) < 4.78 is 10.5. The number of carbonyl (C=O) groups excluding carboxylic acids is 1. The molecule has 140 valence electrons. The van der Waals surface area contributed by atoms with Gasteiger partial charge in [-0.25, -0.2) is 4.98 Å². The highest BCUT2D eigenvalue weighted by Gasteiger charge is 2.15. The van der Waals surface area contributed by atoms with Gasteiger partial charge in [0.1, 0.15) is 16.5 Å². The highest BCUT2D eigenvalue weighted by Crippen LogP contribution is 2.27. The molecule has 3 rings (SSSR count). The topological polar surface area (TPSA) is 60.5 Å². The summed E-state index contributed by atoms with van der Waals surface area (Å²) >= 11 is 1.53. The molecule has 0 radical (unpaired) electrons. The van der Waals surface area contributed by atoms with E-state index in [1.54, 1.807) is 14.2 Å². The second-order valence-corrected chi connectivity index (χ2v) is 6.94. The van der Waals surface area contributed by atoms with Crippen LogP contribution in [0.2, 0.25) is 0 Å². The largest absolute Gasteiger partial charge is 0.497 e. The third-order valence-corrected chi connectivity index (χ3v) is 5.15. The zero-order valence-corrected chi connectivity index (χ0v) is 16.4. The maximum atomic E-state index is 12.4. The number of amides is 1. The van der Waals surface area contributed by atoms with Gasteiger partial charge in [0.15, 0.2) is 0 Å². The third-order valence-electron chi connectivity index (χ3n) is 4.21. The minimum atomic E-state index is -0.145. The lowest BCUT2D eigenvalue weighted by Crippen LogP contribution is -2.28. The fourth-order valence-electron chi connectivity index (χ4n) is 2.81. The van der Waals surface area contributed by atoms with Crippen molar-refractivity contribution in [3.8, 4) is 22.1 Å². The first-order valence-electron chi connectivity index (χ1n) is 8.62. The zero-order valence-electron chi connectivity index (χ0n) is 15.6. The summed E-state index contributed by atoms with van der Waals surface area (Å²) in [5, 5.41) is 5.82. The van der Waals surface area contributed by atoms with Crippen molar-refractivity contribution in [3.63, 3.8) is 0 Å². The number of methoxy groups -OCH3 is 2. The number of thiazole rings is 1. The Bertz CT molecular complexity index is 906. The summed E-state index contributed by atoms with van der Waals surface area (Å²) in [5.41, 5.74) is 2.72. The molecule has 1 amide bonds. The van der Waals surface area contributed by atoms with Crippen LogP contribution in [0, 0.1) is 0 Å². The standard InChI is InChI=1S/C21H22N2O3S/c1-14(18-6-4-5-7-19(18)26-3)22-20(24)12-16-13-27-21(23-16)15-8-10-17(25-2)11-9-15/h4-11,13-14H,12H2,1-3H3,(H,22,24)/t14-/m0/s1. The van der Waals surface area contributed by atoms with Gasteiger partial charge in [-0.3, -0.25) is 4.79 Å². The molecule has 1 atom stereocenters. The second kappa shape index (κ2) is 8.68. The number of hydrogen-bond donors (Lipinski definition) is 1. The maximum Gasteiger partial charge on any atom is 0.226 e. The zero-order chi connectivity index (χ0) is 19.2. The number of hydrogen-bond acceptors (Lipinski definition) is 5. The van der Waals surface area contributed by atoms with E-state index in [2.05, 4.69) is 10.3 Å². The molecular formula is C21H22N2O3S. The van der Waals surface area contributed by atoms with Gasteiger partial charge in [-0.1, -0.05) is 18.2 Å². The van der Waals surface area contributed by atoms with Crippen LogP contribution in [0.3, 0.4) is 0 Å². The molecule has 0 saturated carbocycles. The number of ether oxygens (including phenoxy) is 2. The predicted octanol–water partition coefficient (Wildman–Crippen LogP) is 4.25. The first-order valence-corrected chi connectivity index (χ1v) is 9.49. The molecule has 0 saturated heterocycles. The SMILES string of the molecule is COc1ccc(-c2nc(CC(=O)N[C@@H](C)c3ccccc3OC)cs2)cc1. The van der Waals surface area contributed by atoms with E-state index in [-0.39, 0.29) is 18.4 Å². The van der Waals surface area contributed by atoms with Gasteiger partial charge in [-0.2, -0.15) is 0 Å². The van der Waals surface area contributed by atoms with Crippen molar-refractivity contribution in [1.29, 1.82) is 0 Å². The number of carbonyl (C=O) groups is 1. The number of rotatable bonds is 7. The van der Waals surface area contributed by atoms with Crippen molar-refractivity contribution in [1.82, 2.24) is 10.3 Å². The molecule has 0 aliphatic carbocycles. The lowest BCUT2D eigenvalue weighted by atomic mass is 10.1. The Kier molecular flexibility index (Phi) is 6.08. The quantitative estimate of drug-likeness (QED) is 0.664. The maximum absolute atomic E-state index is 12.4. The summed E-state index contributed by atoms with van der Waals surface area (Å²) in [4.78, 5) is 17.0. The van der Waals surface area contributed by atoms with E-state index in [4.69, 9.17) is 9.47 Å². The first-order chi connectivity index (χ1) is 13.1. The van der Waals surface area contributed by atoms with E-state index in [1.807, 2.05) is 60.8 Å². The Morgan fingerprint density at radius 1 is 1.11 bits per heavy atom. The molecule has 6 heteroatoms. The molecule has 0 unspecified atom stereocenters. The molecule has 0 aliphatic rings. The van der Waals surface area contributed by atoms with Crippen LogP contribution < -0.4 is 14.8 Å². The average molecular weight is 382 g/mol. The van der Waals surface area contributed by atoms with Crippen LogP contribution >= 0.6 is 11.3 Å². The van der Waals surface area contributed by atoms with Crippen molar-refractivity contribution in [2.45, 2.75) is 19.4 Å². The number of nitrogens with one attached hydrogen (secondary N) is 1. The van der Waals surface area contributed by atoms with Crippen molar-refractivity contribution >= 4 is 17.2 Å². The highest BCUT2D eigenvalue weighted by atomic mass is 32.1. The molecule has 0 spiro atoms. The second-order valence-electron chi connectivity index (χ2n) is 6.08. The fourth-order valence-corrected chi connectivity index (χ4v) is 3.64. The van der Waals surface area contributed by atoms with Crippen molar-refractivity contribution in [2.75, 3.05) is 14.2 Å². The van der Waals surface area contributed by atoms with Crippen LogP contribution in [-0.4, -0.2) is 25.1 Å². The van der Waals surface area contributed by atoms with Crippen LogP contribution in [0.4, 0.5) is 0 Å². The molecule has 0 fully saturated rings. The Labute approximate surface area is 163 Å². The van der Waals surface area contributed by atoms with Gasteiger partial charge in [0.2, 0.25) is 5.91 Å². The Morgan fingerprint density at radius 3 is 2.56 bits per heavy atom. The van der Waals surface area contributed by atoms with E-state index in [9.17, 15) is 4.79 Å². The number of aromatic nitrogens is 1. The molecule has 3 aromatic rings. The summed E-state index contributed by atoms with van der Waals surface area (Å²) in [6, 6.07) is 15.3. The van der Waals surface area contributed by atoms with E-state index in [0.29, 0.717) is 0 Å². The Hall–Kier alpha value is -2.86. The van der Waals surface area contributed by atoms with E-state index < -0.39 is 0 Å². The van der Waals surface area contributed by atoms with Crippen LogP contribution in [0.15, 0.2) is 53.9 Å². The molecule has 1 aromatic heterocycles. The average Bonchev–Trinajstić information content (AvgIpc) is 3.16. The summed E-state index contributed by atoms with van der Waals surface area (Å²) in [6.07, 6.45) is 0.242. The van der Waals surface area contributed by atoms with Gasteiger partial charge in [-0.15, -0.1) is 11.3 Å². The molecule has 0 aliphatic heterocycles. The summed E-state index contributed by atoms with van der Waals surface area (Å²) in [6.45, 7) is 1.94. The van der Waals surface area contributed by atoms with Crippen LogP contribution in [0.25, 0.3) is 10.6 Å². The third kappa shape index (κ3) is 4.65. The number of para-hydroxylation sites is 1. The van der Waals surface area contributed by atoms with Crippen molar-refractivity contribution in [2.24, 2.45) is 0 Å².